The van der Waals surface area contributed by atoms with Crippen molar-refractivity contribution in [2.45, 2.75) is 19.1 Å². The zero-order valence-electron chi connectivity index (χ0n) is 14.7. The zero-order chi connectivity index (χ0) is 21.9. The highest BCUT2D eigenvalue weighted by Crippen LogP contribution is 2.33. The molecule has 1 aromatic heterocycles. The number of hydrogen-bond donors (Lipinski definition) is 1. The lowest BCUT2D eigenvalue weighted by atomic mass is 10.1. The Morgan fingerprint density at radius 1 is 0.967 bits per heavy atom. The summed E-state index contributed by atoms with van der Waals surface area (Å²) in [6.45, 7) is -0.225. The first-order valence-electron chi connectivity index (χ1n) is 8.06. The van der Waals surface area contributed by atoms with Crippen molar-refractivity contribution in [2.24, 2.45) is 0 Å². The Kier molecular flexibility index (Phi) is 5.55. The van der Waals surface area contributed by atoms with Gasteiger partial charge in [-0.05, 0) is 29.8 Å². The van der Waals surface area contributed by atoms with Crippen LogP contribution in [-0.2, 0) is 12.8 Å². The summed E-state index contributed by atoms with van der Waals surface area (Å²) in [4.78, 5) is 0. The molecular formula is C18H10F6N4O2. The Labute approximate surface area is 164 Å². The number of aromatic nitrogens is 3. The average Bonchev–Trinajstić information content (AvgIpc) is 3.13. The van der Waals surface area contributed by atoms with Crippen molar-refractivity contribution in [2.75, 3.05) is 0 Å². The summed E-state index contributed by atoms with van der Waals surface area (Å²) in [7, 11) is 0. The van der Waals surface area contributed by atoms with Crippen molar-refractivity contribution < 1.29 is 35.8 Å². The molecule has 0 saturated carbocycles. The van der Waals surface area contributed by atoms with Crippen LogP contribution in [0.25, 0.3) is 11.3 Å². The summed E-state index contributed by atoms with van der Waals surface area (Å²) < 4.78 is 85.1. The lowest BCUT2D eigenvalue weighted by Crippen LogP contribution is -2.17. The maximum absolute atomic E-state index is 12.6. The molecule has 0 spiro atoms. The number of halogens is 6. The van der Waals surface area contributed by atoms with Crippen molar-refractivity contribution in [3.05, 3.63) is 59.3 Å². The van der Waals surface area contributed by atoms with Gasteiger partial charge in [-0.2, -0.15) is 18.4 Å². The topological polar surface area (TPSA) is 83.8 Å². The lowest BCUT2D eigenvalue weighted by Gasteiger charge is -2.13. The fourth-order valence-electron chi connectivity index (χ4n) is 2.45. The molecule has 156 valence electrons. The van der Waals surface area contributed by atoms with Gasteiger partial charge in [-0.1, -0.05) is 17.3 Å². The molecule has 0 fully saturated rings. The number of nitrogens with zero attached hydrogens (tertiary/aromatic N) is 3. The van der Waals surface area contributed by atoms with Gasteiger partial charge in [0.2, 0.25) is 0 Å². The van der Waals surface area contributed by atoms with E-state index in [0.29, 0.717) is 5.56 Å². The van der Waals surface area contributed by atoms with Crippen molar-refractivity contribution in [3.63, 3.8) is 0 Å². The molecule has 0 unspecified atom stereocenters. The Morgan fingerprint density at radius 2 is 1.63 bits per heavy atom. The summed E-state index contributed by atoms with van der Waals surface area (Å²) in [5.41, 5.74) is -0.545. The van der Waals surface area contributed by atoms with Crippen LogP contribution in [0.1, 0.15) is 16.8 Å². The van der Waals surface area contributed by atoms with Crippen LogP contribution in [0.3, 0.4) is 0 Å². The molecule has 0 aliphatic rings. The second-order valence-electron chi connectivity index (χ2n) is 5.87. The van der Waals surface area contributed by atoms with Gasteiger partial charge in [0.1, 0.15) is 29.9 Å². The highest BCUT2D eigenvalue weighted by molar-refractivity contribution is 5.67. The quantitative estimate of drug-likeness (QED) is 0.588. The van der Waals surface area contributed by atoms with E-state index in [0.717, 1.165) is 24.3 Å². The Hall–Kier alpha value is -3.75. The number of nitriles is 1. The van der Waals surface area contributed by atoms with E-state index in [1.54, 1.807) is 6.07 Å². The van der Waals surface area contributed by atoms with Crippen molar-refractivity contribution in [1.29, 1.82) is 5.26 Å². The van der Waals surface area contributed by atoms with Crippen LogP contribution in [0.15, 0.2) is 42.5 Å². The van der Waals surface area contributed by atoms with Gasteiger partial charge in [0.25, 0.3) is 0 Å². The summed E-state index contributed by atoms with van der Waals surface area (Å²) in [6.07, 6.45) is -9.47. The molecule has 0 amide bonds. The number of ether oxygens (including phenoxy) is 2. The molecule has 0 bridgehead atoms. The molecule has 0 aliphatic carbocycles. The minimum atomic E-state index is -4.98. The first kappa shape index (κ1) is 21.0. The molecular weight excluding hydrogens is 418 g/mol. The third kappa shape index (κ3) is 5.19. The van der Waals surface area contributed by atoms with Gasteiger partial charge in [0.15, 0.2) is 5.69 Å². The van der Waals surface area contributed by atoms with E-state index >= 15 is 0 Å². The van der Waals surface area contributed by atoms with Crippen LogP contribution in [-0.4, -0.2) is 21.8 Å². The number of rotatable bonds is 5. The van der Waals surface area contributed by atoms with E-state index in [1.807, 2.05) is 0 Å². The second kappa shape index (κ2) is 7.94. The first-order valence-corrected chi connectivity index (χ1v) is 8.06. The number of aromatic amines is 1. The molecule has 1 N–H and O–H groups in total. The summed E-state index contributed by atoms with van der Waals surface area (Å²) in [6, 6.07) is 9.10. The molecule has 0 saturated heterocycles. The monoisotopic (exact) mass is 428 g/mol. The predicted octanol–water partition coefficient (Wildman–Crippen LogP) is 4.84. The number of H-pyrrole nitrogens is 1. The smallest absolute Gasteiger partial charge is 0.489 e. The van der Waals surface area contributed by atoms with E-state index < -0.39 is 23.9 Å². The van der Waals surface area contributed by atoms with Crippen LogP contribution in [0.2, 0.25) is 0 Å². The van der Waals surface area contributed by atoms with E-state index in [-0.39, 0.29) is 29.3 Å². The molecule has 30 heavy (non-hydrogen) atoms. The fourth-order valence-corrected chi connectivity index (χ4v) is 2.45. The lowest BCUT2D eigenvalue weighted by molar-refractivity contribution is -0.274. The van der Waals surface area contributed by atoms with Crippen LogP contribution in [0.5, 0.6) is 11.5 Å². The van der Waals surface area contributed by atoms with Crippen LogP contribution in [0.4, 0.5) is 26.3 Å². The number of nitrogens with one attached hydrogen (secondary N) is 1. The number of alkyl halides is 6. The molecule has 0 radical (unpaired) electrons. The maximum atomic E-state index is 12.6. The molecule has 3 aromatic rings. The van der Waals surface area contributed by atoms with Gasteiger partial charge in [-0.25, -0.2) is 5.10 Å². The standard InChI is InChI=1S/C18H10F6N4O2/c19-17(20,21)12-3-1-10(2-4-12)9-29-13-5-11(16-15(8-25)26-28-27-16)6-14(7-13)30-18(22,23)24/h1-7H,9H2,(H,26,27,28). The minimum Gasteiger partial charge on any atom is -0.489 e. The molecule has 1 heterocycles. The highest BCUT2D eigenvalue weighted by atomic mass is 19.4. The molecule has 12 heteroatoms. The van der Waals surface area contributed by atoms with Crippen molar-refractivity contribution >= 4 is 0 Å². The number of benzene rings is 2. The van der Waals surface area contributed by atoms with Gasteiger partial charge in [0, 0.05) is 11.6 Å². The van der Waals surface area contributed by atoms with Crippen molar-refractivity contribution in [3.8, 4) is 28.8 Å². The SMILES string of the molecule is N#Cc1[nH]nnc1-c1cc(OCc2ccc(C(F)(F)F)cc2)cc(OC(F)(F)F)c1. The van der Waals surface area contributed by atoms with Crippen LogP contribution >= 0.6 is 0 Å². The minimum absolute atomic E-state index is 0.0236. The third-order valence-electron chi connectivity index (χ3n) is 3.73. The van der Waals surface area contributed by atoms with Crippen LogP contribution < -0.4 is 9.47 Å². The Morgan fingerprint density at radius 3 is 2.23 bits per heavy atom. The third-order valence-corrected chi connectivity index (χ3v) is 3.73. The molecule has 0 aliphatic heterocycles. The Balaban J connectivity index is 1.87. The van der Waals surface area contributed by atoms with Gasteiger partial charge in [-0.3, -0.25) is 0 Å². The summed E-state index contributed by atoms with van der Waals surface area (Å²) in [5.74, 6) is -0.715. The van der Waals surface area contributed by atoms with Crippen LogP contribution in [0, 0.1) is 11.3 Å². The predicted molar refractivity (Wildman–Crippen MR) is 89.0 cm³/mol. The average molecular weight is 428 g/mol. The maximum Gasteiger partial charge on any atom is 0.573 e. The van der Waals surface area contributed by atoms with E-state index in [2.05, 4.69) is 20.1 Å². The largest absolute Gasteiger partial charge is 0.573 e. The molecule has 2 aromatic carbocycles. The van der Waals surface area contributed by atoms with Gasteiger partial charge < -0.3 is 9.47 Å². The Bertz CT molecular complexity index is 1070. The molecule has 0 atom stereocenters. The van der Waals surface area contributed by atoms with E-state index in [1.165, 1.54) is 18.2 Å². The van der Waals surface area contributed by atoms with E-state index in [4.69, 9.17) is 10.00 Å². The molecule has 3 rings (SSSR count). The van der Waals surface area contributed by atoms with Gasteiger partial charge in [-0.15, -0.1) is 18.3 Å². The summed E-state index contributed by atoms with van der Waals surface area (Å²) >= 11 is 0. The highest BCUT2D eigenvalue weighted by Gasteiger charge is 2.32. The normalized spacial score (nSPS) is 11.8. The summed E-state index contributed by atoms with van der Waals surface area (Å²) in [5, 5.41) is 18.4. The second-order valence-corrected chi connectivity index (χ2v) is 5.87. The number of hydrogen-bond acceptors (Lipinski definition) is 5. The fraction of sp³-hybridized carbons (Fsp3) is 0.167. The first-order chi connectivity index (χ1) is 14.0. The van der Waals surface area contributed by atoms with E-state index in [9.17, 15) is 26.3 Å². The van der Waals surface area contributed by atoms with Crippen molar-refractivity contribution in [1.82, 2.24) is 15.4 Å². The molecule has 6 nitrogen and oxygen atoms in total. The van der Waals surface area contributed by atoms with Gasteiger partial charge >= 0.3 is 12.5 Å². The zero-order valence-corrected chi connectivity index (χ0v) is 14.7. The van der Waals surface area contributed by atoms with Gasteiger partial charge in [0.05, 0.1) is 5.56 Å².